The fourth-order valence-corrected chi connectivity index (χ4v) is 4.01. The van der Waals surface area contributed by atoms with Crippen LogP contribution in [0.4, 0.5) is 9.59 Å². The Morgan fingerprint density at radius 3 is 2.53 bits per heavy atom. The highest BCUT2D eigenvalue weighted by Gasteiger charge is 2.45. The van der Waals surface area contributed by atoms with Crippen LogP contribution in [-0.2, 0) is 19.1 Å². The van der Waals surface area contributed by atoms with Crippen molar-refractivity contribution in [2.75, 3.05) is 19.7 Å². The molecular formula is C19H22N4O6S. The van der Waals surface area contributed by atoms with Gasteiger partial charge in [0, 0.05) is 11.4 Å². The van der Waals surface area contributed by atoms with Gasteiger partial charge in [-0.3, -0.25) is 14.5 Å². The SMILES string of the molecule is CCCCN1C(=O)C(=O)N(CC2=C(C(=O)OCC)[C@@H](c3cccs3)NC(=O)N2)C1=O. The van der Waals surface area contributed by atoms with E-state index in [1.54, 1.807) is 24.4 Å². The van der Waals surface area contributed by atoms with E-state index in [2.05, 4.69) is 10.6 Å². The second kappa shape index (κ2) is 9.08. The van der Waals surface area contributed by atoms with Crippen molar-refractivity contribution in [1.82, 2.24) is 20.4 Å². The van der Waals surface area contributed by atoms with E-state index in [1.165, 1.54) is 11.3 Å². The highest BCUT2D eigenvalue weighted by Crippen LogP contribution is 2.31. The average Bonchev–Trinajstić information content (AvgIpc) is 3.31. The predicted octanol–water partition coefficient (Wildman–Crippen LogP) is 1.51. The summed E-state index contributed by atoms with van der Waals surface area (Å²) in [5.41, 5.74) is 0.126. The molecule has 160 valence electrons. The molecule has 6 amide bonds. The highest BCUT2D eigenvalue weighted by molar-refractivity contribution is 7.10. The van der Waals surface area contributed by atoms with Gasteiger partial charge in [-0.2, -0.15) is 0 Å². The summed E-state index contributed by atoms with van der Waals surface area (Å²) in [6.07, 6.45) is 1.31. The van der Waals surface area contributed by atoms with Crippen molar-refractivity contribution < 1.29 is 28.7 Å². The minimum absolute atomic E-state index is 0.0439. The first-order valence-electron chi connectivity index (χ1n) is 9.57. The van der Waals surface area contributed by atoms with Gasteiger partial charge in [-0.1, -0.05) is 19.4 Å². The van der Waals surface area contributed by atoms with Gasteiger partial charge in [0.15, 0.2) is 0 Å². The van der Waals surface area contributed by atoms with Crippen molar-refractivity contribution in [3.63, 3.8) is 0 Å². The van der Waals surface area contributed by atoms with E-state index in [0.717, 1.165) is 16.2 Å². The third kappa shape index (κ3) is 4.06. The second-order valence-corrected chi connectivity index (χ2v) is 7.62. The summed E-state index contributed by atoms with van der Waals surface area (Å²) in [5, 5.41) is 6.96. The second-order valence-electron chi connectivity index (χ2n) is 6.64. The number of unbranched alkanes of at least 4 members (excludes halogenated alkanes) is 1. The van der Waals surface area contributed by atoms with Gasteiger partial charge in [0.2, 0.25) is 0 Å². The lowest BCUT2D eigenvalue weighted by Gasteiger charge is -2.29. The number of urea groups is 2. The largest absolute Gasteiger partial charge is 0.463 e. The number of carbonyl (C=O) groups is 5. The third-order valence-corrected chi connectivity index (χ3v) is 5.60. The Labute approximate surface area is 176 Å². The van der Waals surface area contributed by atoms with Gasteiger partial charge in [0.25, 0.3) is 0 Å². The van der Waals surface area contributed by atoms with Crippen molar-refractivity contribution in [3.05, 3.63) is 33.7 Å². The van der Waals surface area contributed by atoms with Crippen molar-refractivity contribution >= 4 is 41.2 Å². The quantitative estimate of drug-likeness (QED) is 0.363. The smallest absolute Gasteiger partial charge is 0.338 e. The fourth-order valence-electron chi connectivity index (χ4n) is 3.22. The molecule has 0 unspecified atom stereocenters. The number of esters is 1. The van der Waals surface area contributed by atoms with Crippen LogP contribution in [0, 0.1) is 0 Å². The number of thiophene rings is 1. The summed E-state index contributed by atoms with van der Waals surface area (Å²) >= 11 is 1.33. The number of amides is 6. The number of ether oxygens (including phenoxy) is 1. The number of rotatable bonds is 8. The molecule has 0 radical (unpaired) electrons. The molecule has 2 aliphatic heterocycles. The predicted molar refractivity (Wildman–Crippen MR) is 106 cm³/mol. The Kier molecular flexibility index (Phi) is 6.50. The maximum absolute atomic E-state index is 12.7. The lowest BCUT2D eigenvalue weighted by atomic mass is 10.0. The molecule has 0 saturated carbocycles. The van der Waals surface area contributed by atoms with E-state index in [-0.39, 0.29) is 24.4 Å². The molecule has 11 heteroatoms. The summed E-state index contributed by atoms with van der Waals surface area (Å²) in [4.78, 5) is 64.5. The zero-order valence-electron chi connectivity index (χ0n) is 16.6. The van der Waals surface area contributed by atoms with Crippen LogP contribution in [0.5, 0.6) is 0 Å². The summed E-state index contributed by atoms with van der Waals surface area (Å²) in [6, 6.07) is 1.36. The molecule has 0 aliphatic carbocycles. The third-order valence-electron chi connectivity index (χ3n) is 4.66. The van der Waals surface area contributed by atoms with Crippen LogP contribution < -0.4 is 10.6 Å². The van der Waals surface area contributed by atoms with Crippen molar-refractivity contribution in [1.29, 1.82) is 0 Å². The molecule has 2 aliphatic rings. The van der Waals surface area contributed by atoms with E-state index in [1.807, 2.05) is 6.92 Å². The Bertz CT molecular complexity index is 910. The van der Waals surface area contributed by atoms with Crippen LogP contribution >= 0.6 is 11.3 Å². The molecule has 1 atom stereocenters. The van der Waals surface area contributed by atoms with Gasteiger partial charge in [-0.05, 0) is 24.8 Å². The molecule has 1 aromatic heterocycles. The minimum atomic E-state index is -0.993. The first-order chi connectivity index (χ1) is 14.4. The van der Waals surface area contributed by atoms with Gasteiger partial charge in [0.1, 0.15) is 0 Å². The van der Waals surface area contributed by atoms with Gasteiger partial charge in [0.05, 0.1) is 30.5 Å². The molecule has 3 rings (SSSR count). The van der Waals surface area contributed by atoms with Gasteiger partial charge < -0.3 is 15.4 Å². The first kappa shape index (κ1) is 21.5. The van der Waals surface area contributed by atoms with E-state index >= 15 is 0 Å². The van der Waals surface area contributed by atoms with Crippen LogP contribution in [0.3, 0.4) is 0 Å². The molecule has 30 heavy (non-hydrogen) atoms. The Balaban J connectivity index is 1.97. The number of nitrogens with zero attached hydrogens (tertiary/aromatic N) is 2. The van der Waals surface area contributed by atoms with Crippen LogP contribution in [0.15, 0.2) is 28.8 Å². The van der Waals surface area contributed by atoms with Crippen molar-refractivity contribution in [2.24, 2.45) is 0 Å². The molecule has 0 aromatic carbocycles. The molecule has 10 nitrogen and oxygen atoms in total. The zero-order valence-corrected chi connectivity index (χ0v) is 17.4. The average molecular weight is 434 g/mol. The standard InChI is InChI=1S/C19H22N4O6S/c1-3-5-8-22-15(24)16(25)23(19(22)28)10-11-13(17(26)29-4-2)14(21-18(27)20-11)12-7-6-9-30-12/h6-7,9,14H,3-5,8,10H2,1-2H3,(H2,20,21,27)/t14-/m1/s1. The topological polar surface area (TPSA) is 125 Å². The van der Waals surface area contributed by atoms with E-state index in [4.69, 9.17) is 4.74 Å². The maximum atomic E-state index is 12.7. The van der Waals surface area contributed by atoms with Crippen LogP contribution in [0.2, 0.25) is 0 Å². The van der Waals surface area contributed by atoms with Crippen LogP contribution in [-0.4, -0.2) is 59.3 Å². The van der Waals surface area contributed by atoms with E-state index in [9.17, 15) is 24.0 Å². The molecule has 0 spiro atoms. The molecule has 2 N–H and O–H groups in total. The van der Waals surface area contributed by atoms with E-state index < -0.39 is 42.4 Å². The number of carbonyl (C=O) groups excluding carboxylic acids is 5. The van der Waals surface area contributed by atoms with Gasteiger partial charge >= 0.3 is 29.8 Å². The minimum Gasteiger partial charge on any atom is -0.463 e. The fraction of sp³-hybridized carbons (Fsp3) is 0.421. The monoisotopic (exact) mass is 434 g/mol. The first-order valence-corrected chi connectivity index (χ1v) is 10.4. The Morgan fingerprint density at radius 1 is 1.17 bits per heavy atom. The Morgan fingerprint density at radius 2 is 1.90 bits per heavy atom. The van der Waals surface area contributed by atoms with Crippen molar-refractivity contribution in [2.45, 2.75) is 32.7 Å². The van der Waals surface area contributed by atoms with Crippen molar-refractivity contribution in [3.8, 4) is 0 Å². The molecule has 3 heterocycles. The van der Waals surface area contributed by atoms with Crippen LogP contribution in [0.1, 0.15) is 37.6 Å². The molecule has 1 fully saturated rings. The summed E-state index contributed by atoms with van der Waals surface area (Å²) in [6.45, 7) is 3.36. The molecule has 0 bridgehead atoms. The molecular weight excluding hydrogens is 412 g/mol. The maximum Gasteiger partial charge on any atom is 0.338 e. The number of nitrogens with one attached hydrogen (secondary N) is 2. The summed E-state index contributed by atoms with van der Waals surface area (Å²) in [5.74, 6) is -2.60. The van der Waals surface area contributed by atoms with E-state index in [0.29, 0.717) is 11.3 Å². The summed E-state index contributed by atoms with van der Waals surface area (Å²) < 4.78 is 5.14. The normalized spacial score (nSPS) is 19.3. The molecule has 1 aromatic rings. The van der Waals surface area contributed by atoms with Crippen LogP contribution in [0.25, 0.3) is 0 Å². The highest BCUT2D eigenvalue weighted by atomic mass is 32.1. The number of imide groups is 2. The van der Waals surface area contributed by atoms with Gasteiger partial charge in [-0.25, -0.2) is 19.3 Å². The lowest BCUT2D eigenvalue weighted by molar-refractivity contribution is -0.143. The van der Waals surface area contributed by atoms with Gasteiger partial charge in [-0.15, -0.1) is 11.3 Å². The Hall–Kier alpha value is -3.21. The lowest BCUT2D eigenvalue weighted by Crippen LogP contribution is -2.49. The molecule has 1 saturated heterocycles. The summed E-state index contributed by atoms with van der Waals surface area (Å²) in [7, 11) is 0. The number of hydrogen-bond donors (Lipinski definition) is 2. The zero-order chi connectivity index (χ0) is 21.8. The number of hydrogen-bond acceptors (Lipinski definition) is 7.